The summed E-state index contributed by atoms with van der Waals surface area (Å²) in [5.41, 5.74) is 4.15. The molecule has 160 valence electrons. The quantitative estimate of drug-likeness (QED) is 0.354. The highest BCUT2D eigenvalue weighted by Gasteiger charge is 2.17. The van der Waals surface area contributed by atoms with Crippen molar-refractivity contribution in [1.82, 2.24) is 15.1 Å². The predicted molar refractivity (Wildman–Crippen MR) is 121 cm³/mol. The van der Waals surface area contributed by atoms with E-state index in [1.165, 1.54) is 0 Å². The van der Waals surface area contributed by atoms with E-state index in [-0.39, 0.29) is 5.63 Å². The van der Waals surface area contributed by atoms with Gasteiger partial charge in [0.1, 0.15) is 5.58 Å². The average molecular weight is 438 g/mol. The molecule has 0 atom stereocenters. The molecule has 0 saturated carbocycles. The molecule has 0 aliphatic carbocycles. The van der Waals surface area contributed by atoms with Crippen molar-refractivity contribution in [2.75, 3.05) is 6.54 Å². The maximum Gasteiger partial charge on any atom is 0.336 e. The lowest BCUT2D eigenvalue weighted by molar-refractivity contribution is 0.232. The molecule has 6 nitrogen and oxygen atoms in total. The van der Waals surface area contributed by atoms with Crippen molar-refractivity contribution in [3.05, 3.63) is 80.5 Å². The van der Waals surface area contributed by atoms with Gasteiger partial charge in [-0.05, 0) is 67.8 Å². The maximum atomic E-state index is 12.2. The molecule has 7 heteroatoms. The third-order valence-electron chi connectivity index (χ3n) is 5.31. The minimum atomic E-state index is -0.346. The summed E-state index contributed by atoms with van der Waals surface area (Å²) in [7, 11) is 0. The average Bonchev–Trinajstić information content (AvgIpc) is 3.18. The van der Waals surface area contributed by atoms with Crippen LogP contribution in [0.1, 0.15) is 35.9 Å². The number of hydrogen-bond acceptors (Lipinski definition) is 6. The molecule has 2 aromatic carbocycles. The first kappa shape index (κ1) is 21.3. The fourth-order valence-corrected chi connectivity index (χ4v) is 3.85. The van der Waals surface area contributed by atoms with Gasteiger partial charge >= 0.3 is 5.63 Å². The normalized spacial score (nSPS) is 11.5. The van der Waals surface area contributed by atoms with Crippen molar-refractivity contribution < 1.29 is 8.83 Å². The summed E-state index contributed by atoms with van der Waals surface area (Å²) in [6.07, 6.45) is 0.947. The Kier molecular flexibility index (Phi) is 6.20. The predicted octanol–water partition coefficient (Wildman–Crippen LogP) is 5.53. The van der Waals surface area contributed by atoms with Gasteiger partial charge in [0.2, 0.25) is 11.8 Å². The Labute approximate surface area is 185 Å². The minimum absolute atomic E-state index is 0.346. The van der Waals surface area contributed by atoms with Crippen molar-refractivity contribution in [1.29, 1.82) is 0 Å². The van der Waals surface area contributed by atoms with Gasteiger partial charge in [-0.3, -0.25) is 4.90 Å². The van der Waals surface area contributed by atoms with Crippen molar-refractivity contribution in [2.45, 2.75) is 40.3 Å². The van der Waals surface area contributed by atoms with Crippen LogP contribution in [0.4, 0.5) is 0 Å². The third kappa shape index (κ3) is 4.70. The Bertz CT molecular complexity index is 1280. The van der Waals surface area contributed by atoms with E-state index in [1.807, 2.05) is 31.2 Å². The molecule has 0 unspecified atom stereocenters. The standard InChI is InChI=1S/C24H24ClN3O3/c1-4-9-28(14-22-26-27-24(31-22)18-7-5-6-8-20(18)25)13-17-12-23(29)30-21-11-16(3)15(2)10-19(17)21/h5-8,10-12H,4,9,13-14H2,1-3H3. The van der Waals surface area contributed by atoms with E-state index >= 15 is 0 Å². The van der Waals surface area contributed by atoms with Crippen LogP contribution in [0.15, 0.2) is 56.1 Å². The van der Waals surface area contributed by atoms with Gasteiger partial charge in [0.15, 0.2) is 0 Å². The summed E-state index contributed by atoms with van der Waals surface area (Å²) in [5, 5.41) is 9.88. The summed E-state index contributed by atoms with van der Waals surface area (Å²) in [5.74, 6) is 0.900. The van der Waals surface area contributed by atoms with Crippen molar-refractivity contribution >= 4 is 22.6 Å². The van der Waals surface area contributed by atoms with Gasteiger partial charge in [0.05, 0.1) is 17.1 Å². The van der Waals surface area contributed by atoms with E-state index in [4.69, 9.17) is 20.4 Å². The summed E-state index contributed by atoms with van der Waals surface area (Å²) in [4.78, 5) is 14.3. The Morgan fingerprint density at radius 1 is 1.00 bits per heavy atom. The van der Waals surface area contributed by atoms with Gasteiger partial charge in [-0.2, -0.15) is 0 Å². The number of hydrogen-bond donors (Lipinski definition) is 0. The maximum absolute atomic E-state index is 12.2. The first-order valence-electron chi connectivity index (χ1n) is 10.3. The Morgan fingerprint density at radius 3 is 2.55 bits per heavy atom. The second-order valence-corrected chi connectivity index (χ2v) is 8.12. The lowest BCUT2D eigenvalue weighted by atomic mass is 10.0. The van der Waals surface area contributed by atoms with Gasteiger partial charge in [-0.15, -0.1) is 10.2 Å². The number of aromatic nitrogens is 2. The molecular weight excluding hydrogens is 414 g/mol. The first-order valence-corrected chi connectivity index (χ1v) is 10.7. The van der Waals surface area contributed by atoms with Crippen LogP contribution in [-0.4, -0.2) is 21.6 Å². The molecule has 31 heavy (non-hydrogen) atoms. The van der Waals surface area contributed by atoms with Crippen LogP contribution in [0, 0.1) is 13.8 Å². The van der Waals surface area contributed by atoms with E-state index < -0.39 is 0 Å². The highest BCUT2D eigenvalue weighted by Crippen LogP contribution is 2.27. The van der Waals surface area contributed by atoms with Crippen molar-refractivity contribution in [3.8, 4) is 11.5 Å². The summed E-state index contributed by atoms with van der Waals surface area (Å²) in [6.45, 7) is 8.04. The smallest absolute Gasteiger partial charge is 0.336 e. The number of halogens is 1. The first-order chi connectivity index (χ1) is 14.9. The minimum Gasteiger partial charge on any atom is -0.423 e. The Balaban J connectivity index is 1.62. The Hall–Kier alpha value is -2.96. The molecule has 0 fully saturated rings. The molecule has 0 N–H and O–H groups in total. The molecule has 0 amide bonds. The van der Waals surface area contributed by atoms with Gasteiger partial charge in [-0.25, -0.2) is 4.79 Å². The zero-order chi connectivity index (χ0) is 22.0. The van der Waals surface area contributed by atoms with Crippen LogP contribution in [0.5, 0.6) is 0 Å². The van der Waals surface area contributed by atoms with Gasteiger partial charge in [-0.1, -0.05) is 30.7 Å². The zero-order valence-corrected chi connectivity index (χ0v) is 18.6. The van der Waals surface area contributed by atoms with E-state index in [1.54, 1.807) is 12.1 Å². The van der Waals surface area contributed by atoms with E-state index in [2.05, 4.69) is 35.0 Å². The zero-order valence-electron chi connectivity index (χ0n) is 17.8. The molecule has 0 radical (unpaired) electrons. The summed E-state index contributed by atoms with van der Waals surface area (Å²) < 4.78 is 11.3. The van der Waals surface area contributed by atoms with Crippen molar-refractivity contribution in [3.63, 3.8) is 0 Å². The molecular formula is C24H24ClN3O3. The van der Waals surface area contributed by atoms with E-state index in [0.29, 0.717) is 41.0 Å². The van der Waals surface area contributed by atoms with Crippen LogP contribution in [0.2, 0.25) is 5.02 Å². The highest BCUT2D eigenvalue weighted by molar-refractivity contribution is 6.33. The second kappa shape index (κ2) is 9.04. The van der Waals surface area contributed by atoms with Crippen molar-refractivity contribution in [2.24, 2.45) is 0 Å². The summed E-state index contributed by atoms with van der Waals surface area (Å²) >= 11 is 6.25. The van der Waals surface area contributed by atoms with Gasteiger partial charge in [0.25, 0.3) is 0 Å². The molecule has 0 spiro atoms. The largest absolute Gasteiger partial charge is 0.423 e. The van der Waals surface area contributed by atoms with Crippen LogP contribution in [-0.2, 0) is 13.1 Å². The lowest BCUT2D eigenvalue weighted by Crippen LogP contribution is -2.24. The topological polar surface area (TPSA) is 72.4 Å². The number of nitrogens with zero attached hydrogens (tertiary/aromatic N) is 3. The van der Waals surface area contributed by atoms with E-state index in [0.717, 1.165) is 35.0 Å². The second-order valence-electron chi connectivity index (χ2n) is 7.71. The van der Waals surface area contributed by atoms with Crippen LogP contribution >= 0.6 is 11.6 Å². The number of aryl methyl sites for hydroxylation is 2. The molecule has 4 rings (SSSR count). The molecule has 0 aliphatic rings. The molecule has 0 saturated heterocycles. The lowest BCUT2D eigenvalue weighted by Gasteiger charge is -2.20. The third-order valence-corrected chi connectivity index (χ3v) is 5.64. The number of benzene rings is 2. The molecule has 2 heterocycles. The fourth-order valence-electron chi connectivity index (χ4n) is 3.64. The summed E-state index contributed by atoms with van der Waals surface area (Å²) in [6, 6.07) is 13.0. The fraction of sp³-hybridized carbons (Fsp3) is 0.292. The van der Waals surface area contributed by atoms with E-state index in [9.17, 15) is 4.79 Å². The monoisotopic (exact) mass is 437 g/mol. The van der Waals surface area contributed by atoms with Gasteiger partial charge < -0.3 is 8.83 Å². The molecule has 4 aromatic rings. The molecule has 0 aliphatic heterocycles. The SMILES string of the molecule is CCCN(Cc1nnc(-c2ccccc2Cl)o1)Cc1cc(=O)oc2cc(C)c(C)cc12. The number of fused-ring (bicyclic) bond motifs is 1. The van der Waals surface area contributed by atoms with Crippen LogP contribution in [0.3, 0.4) is 0 Å². The number of rotatable bonds is 7. The molecule has 0 bridgehead atoms. The highest BCUT2D eigenvalue weighted by atomic mass is 35.5. The van der Waals surface area contributed by atoms with Gasteiger partial charge in [0, 0.05) is 18.0 Å². The molecule has 2 aromatic heterocycles. The Morgan fingerprint density at radius 2 is 1.77 bits per heavy atom. The van der Waals surface area contributed by atoms with Crippen LogP contribution in [0.25, 0.3) is 22.4 Å². The van der Waals surface area contributed by atoms with Crippen LogP contribution < -0.4 is 5.63 Å².